The van der Waals surface area contributed by atoms with Crippen molar-refractivity contribution in [1.29, 1.82) is 0 Å². The molecule has 2 aromatic carbocycles. The average molecular weight is 579 g/mol. The van der Waals surface area contributed by atoms with E-state index in [9.17, 15) is 14.7 Å². The number of benzene rings is 2. The minimum atomic E-state index is -0.799. The van der Waals surface area contributed by atoms with E-state index in [4.69, 9.17) is 16.3 Å². The molecule has 198 valence electrons. The zero-order valence-corrected chi connectivity index (χ0v) is 23.4. The molecule has 0 saturated heterocycles. The molecule has 1 unspecified atom stereocenters. The number of aryl methyl sites for hydroxylation is 1. The van der Waals surface area contributed by atoms with E-state index in [0.29, 0.717) is 29.4 Å². The molecular weight excluding hydrogens is 556 g/mol. The Morgan fingerprint density at radius 3 is 2.44 bits per heavy atom. The van der Waals surface area contributed by atoms with Gasteiger partial charge in [0, 0.05) is 31.9 Å². The Balaban J connectivity index is 1.22. The molecule has 1 saturated carbocycles. The van der Waals surface area contributed by atoms with Crippen LogP contribution in [0.15, 0.2) is 60.7 Å². The highest BCUT2D eigenvalue weighted by molar-refractivity contribution is 7.31. The van der Waals surface area contributed by atoms with Crippen molar-refractivity contribution < 1.29 is 19.4 Å². The number of thiophene rings is 2. The molecule has 0 spiro atoms. The molecule has 0 bridgehead atoms. The van der Waals surface area contributed by atoms with Crippen LogP contribution in [0.5, 0.6) is 0 Å². The van der Waals surface area contributed by atoms with Crippen LogP contribution in [0.1, 0.15) is 37.0 Å². The van der Waals surface area contributed by atoms with Crippen LogP contribution >= 0.6 is 34.3 Å². The second-order valence-corrected chi connectivity index (χ2v) is 12.1. The van der Waals surface area contributed by atoms with Crippen molar-refractivity contribution in [2.45, 2.75) is 31.3 Å². The number of aliphatic carboxylic acids is 1. The SMILES string of the molecule is CC(OC(=O)Nc1c(-c2cc3sc(-c4ccc(C5(C(=O)O)CC5)cc4Cl)cc3s2)nnn1C)c1ccccc1. The molecule has 39 heavy (non-hydrogen) atoms. The molecule has 11 heteroatoms. The van der Waals surface area contributed by atoms with Crippen molar-refractivity contribution in [2.75, 3.05) is 5.32 Å². The summed E-state index contributed by atoms with van der Waals surface area (Å²) in [6.07, 6.45) is 0.269. The third kappa shape index (κ3) is 4.69. The number of carbonyl (C=O) groups excluding carboxylic acids is 1. The fraction of sp³-hybridized carbons (Fsp3) is 0.214. The van der Waals surface area contributed by atoms with Crippen LogP contribution in [-0.2, 0) is 22.0 Å². The van der Waals surface area contributed by atoms with Crippen molar-refractivity contribution in [1.82, 2.24) is 15.0 Å². The molecule has 1 amide bonds. The topological polar surface area (TPSA) is 106 Å². The van der Waals surface area contributed by atoms with Gasteiger partial charge in [-0.2, -0.15) is 0 Å². The Morgan fingerprint density at radius 1 is 1.08 bits per heavy atom. The van der Waals surface area contributed by atoms with E-state index in [-0.39, 0.29) is 0 Å². The third-order valence-corrected chi connectivity index (χ3v) is 9.63. The van der Waals surface area contributed by atoms with E-state index in [0.717, 1.165) is 35.8 Å². The highest BCUT2D eigenvalue weighted by Gasteiger charge is 2.51. The van der Waals surface area contributed by atoms with E-state index in [2.05, 4.69) is 21.7 Å². The first-order chi connectivity index (χ1) is 18.7. The minimum absolute atomic E-state index is 0.416. The van der Waals surface area contributed by atoms with Gasteiger partial charge in [0.15, 0.2) is 5.82 Å². The number of fused-ring (bicyclic) bond motifs is 1. The predicted molar refractivity (Wildman–Crippen MR) is 154 cm³/mol. The first-order valence-corrected chi connectivity index (χ1v) is 14.3. The van der Waals surface area contributed by atoms with Gasteiger partial charge in [0.05, 0.1) is 10.3 Å². The minimum Gasteiger partial charge on any atom is -0.481 e. The van der Waals surface area contributed by atoms with Gasteiger partial charge in [0.2, 0.25) is 0 Å². The van der Waals surface area contributed by atoms with Gasteiger partial charge in [-0.25, -0.2) is 9.48 Å². The number of carbonyl (C=O) groups is 2. The summed E-state index contributed by atoms with van der Waals surface area (Å²) in [5, 5.41) is 21.3. The van der Waals surface area contributed by atoms with E-state index in [1.165, 1.54) is 4.68 Å². The number of halogens is 1. The highest BCUT2D eigenvalue weighted by atomic mass is 35.5. The van der Waals surface area contributed by atoms with Gasteiger partial charge in [-0.15, -0.1) is 27.8 Å². The van der Waals surface area contributed by atoms with Gasteiger partial charge in [0.25, 0.3) is 0 Å². The number of carboxylic acid groups (broad SMARTS) is 1. The lowest BCUT2D eigenvalue weighted by atomic mass is 9.95. The van der Waals surface area contributed by atoms with E-state index in [1.807, 2.05) is 55.5 Å². The molecule has 0 aliphatic heterocycles. The van der Waals surface area contributed by atoms with Crippen LogP contribution in [0.3, 0.4) is 0 Å². The van der Waals surface area contributed by atoms with Crippen molar-refractivity contribution in [3.05, 3.63) is 76.8 Å². The lowest BCUT2D eigenvalue weighted by Crippen LogP contribution is -2.19. The number of ether oxygens (including phenoxy) is 1. The molecule has 8 nitrogen and oxygen atoms in total. The van der Waals surface area contributed by atoms with Crippen LogP contribution in [0.2, 0.25) is 5.02 Å². The maximum absolute atomic E-state index is 12.7. The zero-order valence-electron chi connectivity index (χ0n) is 21.0. The molecule has 2 N–H and O–H groups in total. The number of anilines is 1. The fourth-order valence-corrected chi connectivity index (χ4v) is 7.35. The largest absolute Gasteiger partial charge is 0.481 e. The molecule has 1 atom stereocenters. The summed E-state index contributed by atoms with van der Waals surface area (Å²) in [5.41, 5.74) is 2.29. The number of amides is 1. The van der Waals surface area contributed by atoms with Gasteiger partial charge >= 0.3 is 12.1 Å². The maximum atomic E-state index is 12.7. The predicted octanol–water partition coefficient (Wildman–Crippen LogP) is 7.50. The van der Waals surface area contributed by atoms with Crippen LogP contribution in [0, 0.1) is 0 Å². The second-order valence-electron chi connectivity index (χ2n) is 9.53. The van der Waals surface area contributed by atoms with Gasteiger partial charge in [-0.05, 0) is 49.1 Å². The lowest BCUT2D eigenvalue weighted by Gasteiger charge is -2.14. The van der Waals surface area contributed by atoms with Crippen LogP contribution in [-0.4, -0.2) is 32.2 Å². The van der Waals surface area contributed by atoms with Gasteiger partial charge in [-0.1, -0.05) is 59.3 Å². The maximum Gasteiger partial charge on any atom is 0.413 e. The van der Waals surface area contributed by atoms with Crippen molar-refractivity contribution in [2.24, 2.45) is 7.05 Å². The fourth-order valence-electron chi connectivity index (χ4n) is 4.59. The molecular formula is C28H23ClN4O4S2. The van der Waals surface area contributed by atoms with Gasteiger partial charge < -0.3 is 9.84 Å². The smallest absolute Gasteiger partial charge is 0.413 e. The normalized spacial score (nSPS) is 14.7. The summed E-state index contributed by atoms with van der Waals surface area (Å²) in [4.78, 5) is 26.2. The van der Waals surface area contributed by atoms with Crippen molar-refractivity contribution >= 4 is 61.6 Å². The first kappa shape index (κ1) is 25.5. The first-order valence-electron chi connectivity index (χ1n) is 12.2. The monoisotopic (exact) mass is 578 g/mol. The molecule has 1 aliphatic rings. The van der Waals surface area contributed by atoms with E-state index in [1.54, 1.807) is 35.8 Å². The molecule has 6 rings (SSSR count). The number of hydrogen-bond acceptors (Lipinski definition) is 7. The number of rotatable bonds is 7. The Hall–Kier alpha value is -3.73. The van der Waals surface area contributed by atoms with E-state index >= 15 is 0 Å². The van der Waals surface area contributed by atoms with Crippen molar-refractivity contribution in [3.8, 4) is 21.0 Å². The quantitative estimate of drug-likeness (QED) is 0.207. The van der Waals surface area contributed by atoms with Crippen LogP contribution < -0.4 is 5.32 Å². The summed E-state index contributed by atoms with van der Waals surface area (Å²) < 4.78 is 9.17. The molecule has 0 radical (unpaired) electrons. The Morgan fingerprint density at radius 2 is 1.77 bits per heavy atom. The Bertz CT molecular complexity index is 1690. The summed E-state index contributed by atoms with van der Waals surface area (Å²) in [5.74, 6) is -0.354. The van der Waals surface area contributed by atoms with Gasteiger partial charge in [0.1, 0.15) is 11.8 Å². The zero-order chi connectivity index (χ0) is 27.3. The summed E-state index contributed by atoms with van der Waals surface area (Å²) in [6, 6.07) is 19.2. The summed E-state index contributed by atoms with van der Waals surface area (Å²) >= 11 is 9.75. The molecule has 5 aromatic rings. The standard InChI is InChI=1S/C28H23ClN4O4S2/c1-15(16-6-4-3-5-7-16)37-27(36)30-25-24(31-32-33(25)2)23-14-22-21(39-23)13-20(38-22)18-9-8-17(12-19(18)29)28(10-11-28)26(34)35/h3-9,12-15H,10-11H2,1-2H3,(H,30,36)(H,34,35). The average Bonchev–Trinajstić information content (AvgIpc) is 3.35. The number of nitrogens with one attached hydrogen (secondary N) is 1. The van der Waals surface area contributed by atoms with Crippen LogP contribution in [0.25, 0.3) is 30.4 Å². The van der Waals surface area contributed by atoms with Crippen molar-refractivity contribution in [3.63, 3.8) is 0 Å². The number of hydrogen-bond donors (Lipinski definition) is 2. The number of carboxylic acids is 1. The molecule has 1 fully saturated rings. The van der Waals surface area contributed by atoms with Gasteiger partial charge in [-0.3, -0.25) is 10.1 Å². The van der Waals surface area contributed by atoms with Crippen LogP contribution in [0.4, 0.5) is 10.6 Å². The molecule has 3 aromatic heterocycles. The molecule has 3 heterocycles. The highest BCUT2D eigenvalue weighted by Crippen LogP contribution is 2.50. The molecule has 1 aliphatic carbocycles. The summed E-state index contributed by atoms with van der Waals surface area (Å²) in [7, 11) is 1.71. The lowest BCUT2D eigenvalue weighted by molar-refractivity contribution is -0.140. The Labute approximate surface area is 236 Å². The van der Waals surface area contributed by atoms with E-state index < -0.39 is 23.6 Å². The Kier molecular flexibility index (Phi) is 6.41. The number of aromatic nitrogens is 3. The third-order valence-electron chi connectivity index (χ3n) is 6.99. The summed E-state index contributed by atoms with van der Waals surface area (Å²) in [6.45, 7) is 1.82. The number of nitrogens with zero attached hydrogens (tertiary/aromatic N) is 3. The second kappa shape index (κ2) is 9.78.